The molecule has 1 aromatic heterocycles. The van der Waals surface area contributed by atoms with Gasteiger partial charge < -0.3 is 9.15 Å². The number of aromatic nitrogens is 1. The van der Waals surface area contributed by atoms with Crippen LogP contribution in [0, 0.1) is 0 Å². The van der Waals surface area contributed by atoms with Gasteiger partial charge in [-0.2, -0.15) is 0 Å². The largest absolute Gasteiger partial charge is 0.460 e. The second-order valence-corrected chi connectivity index (χ2v) is 3.95. The lowest BCUT2D eigenvalue weighted by Crippen LogP contribution is -1.91. The van der Waals surface area contributed by atoms with Crippen molar-refractivity contribution >= 4 is 22.4 Å². The molecule has 16 heavy (non-hydrogen) atoms. The molecule has 0 atom stereocenters. The van der Waals surface area contributed by atoms with E-state index in [-0.39, 0.29) is 6.61 Å². The third-order valence-electron chi connectivity index (χ3n) is 2.04. The third kappa shape index (κ3) is 2.30. The van der Waals surface area contributed by atoms with Gasteiger partial charge in [-0.05, 0) is 12.1 Å². The molecule has 0 radical (unpaired) electrons. The van der Waals surface area contributed by atoms with Gasteiger partial charge in [-0.3, -0.25) is 4.79 Å². The second-order valence-electron chi connectivity index (χ2n) is 3.04. The molecule has 82 valence electrons. The molecule has 0 saturated heterocycles. The van der Waals surface area contributed by atoms with Crippen LogP contribution in [0.3, 0.4) is 0 Å². The molecular weight excluding hydrogens is 274 g/mol. The number of ether oxygens (including phenoxy) is 1. The van der Waals surface area contributed by atoms with Gasteiger partial charge in [0.15, 0.2) is 18.8 Å². The normalized spacial score (nSPS) is 10.1. The zero-order chi connectivity index (χ0) is 11.4. The molecule has 4 nitrogen and oxygen atoms in total. The molecule has 0 aliphatic rings. The topological polar surface area (TPSA) is 52.3 Å². The van der Waals surface area contributed by atoms with Crippen LogP contribution in [0.5, 0.6) is 0 Å². The first-order chi connectivity index (χ1) is 7.81. The molecule has 2 aromatic rings. The summed E-state index contributed by atoms with van der Waals surface area (Å²) >= 11 is 3.35. The number of nitrogens with zero attached hydrogens (tertiary/aromatic N) is 1. The molecule has 0 fully saturated rings. The number of hydrogen-bond acceptors (Lipinski definition) is 4. The predicted octanol–water partition coefficient (Wildman–Crippen LogP) is 2.78. The van der Waals surface area contributed by atoms with Gasteiger partial charge in [0.2, 0.25) is 0 Å². The monoisotopic (exact) mass is 281 g/mol. The van der Waals surface area contributed by atoms with E-state index in [2.05, 4.69) is 25.7 Å². The van der Waals surface area contributed by atoms with Gasteiger partial charge in [0.25, 0.3) is 6.47 Å². The maximum absolute atomic E-state index is 10.1. The maximum atomic E-state index is 10.1. The molecular formula is C11H8BrNO3. The van der Waals surface area contributed by atoms with E-state index in [1.54, 1.807) is 0 Å². The average molecular weight is 282 g/mol. The summed E-state index contributed by atoms with van der Waals surface area (Å²) < 4.78 is 10.8. The summed E-state index contributed by atoms with van der Waals surface area (Å²) in [6, 6.07) is 7.64. The lowest BCUT2D eigenvalue weighted by atomic mass is 10.1. The highest BCUT2D eigenvalue weighted by atomic mass is 79.9. The molecule has 0 aliphatic heterocycles. The van der Waals surface area contributed by atoms with Crippen LogP contribution in [0.2, 0.25) is 0 Å². The lowest BCUT2D eigenvalue weighted by Gasteiger charge is -2.00. The van der Waals surface area contributed by atoms with Crippen molar-refractivity contribution in [1.29, 1.82) is 0 Å². The van der Waals surface area contributed by atoms with Crippen molar-refractivity contribution in [3.05, 3.63) is 40.9 Å². The number of halogens is 1. The van der Waals surface area contributed by atoms with Crippen molar-refractivity contribution in [3.8, 4) is 11.3 Å². The summed E-state index contributed by atoms with van der Waals surface area (Å²) in [5, 5.41) is 0. The number of hydrogen-bond donors (Lipinski definition) is 0. The molecule has 1 heterocycles. The van der Waals surface area contributed by atoms with E-state index in [0.29, 0.717) is 17.9 Å². The van der Waals surface area contributed by atoms with Crippen molar-refractivity contribution in [2.45, 2.75) is 6.61 Å². The maximum Gasteiger partial charge on any atom is 0.293 e. The first-order valence-corrected chi connectivity index (χ1v) is 5.34. The van der Waals surface area contributed by atoms with Crippen LogP contribution in [0.15, 0.2) is 39.5 Å². The Balaban J connectivity index is 2.29. The van der Waals surface area contributed by atoms with Crippen LogP contribution in [-0.4, -0.2) is 11.5 Å². The Morgan fingerprint density at radius 2 is 2.12 bits per heavy atom. The van der Waals surface area contributed by atoms with Gasteiger partial charge in [0, 0.05) is 10.0 Å². The van der Waals surface area contributed by atoms with Crippen LogP contribution >= 0.6 is 15.9 Å². The van der Waals surface area contributed by atoms with E-state index < -0.39 is 0 Å². The standard InChI is InChI=1S/C11H8BrNO3/c12-9-3-1-8(2-4-9)11-10(5-15-7-14)16-6-13-11/h1-4,6-7H,5H2. The first kappa shape index (κ1) is 10.9. The third-order valence-corrected chi connectivity index (χ3v) is 2.57. The number of carbonyl (C=O) groups excluding carboxylic acids is 1. The van der Waals surface area contributed by atoms with Crippen molar-refractivity contribution in [1.82, 2.24) is 4.98 Å². The van der Waals surface area contributed by atoms with Gasteiger partial charge in [-0.25, -0.2) is 4.98 Å². The fourth-order valence-electron chi connectivity index (χ4n) is 1.33. The van der Waals surface area contributed by atoms with E-state index in [1.807, 2.05) is 24.3 Å². The van der Waals surface area contributed by atoms with Gasteiger partial charge in [-0.15, -0.1) is 0 Å². The highest BCUT2D eigenvalue weighted by molar-refractivity contribution is 9.10. The van der Waals surface area contributed by atoms with Gasteiger partial charge in [0.05, 0.1) is 0 Å². The average Bonchev–Trinajstić information content (AvgIpc) is 2.75. The Hall–Kier alpha value is -1.62. The Morgan fingerprint density at radius 3 is 2.81 bits per heavy atom. The number of carbonyl (C=O) groups is 1. The van der Waals surface area contributed by atoms with Crippen molar-refractivity contribution in [3.63, 3.8) is 0 Å². The minimum absolute atomic E-state index is 0.0922. The van der Waals surface area contributed by atoms with Crippen molar-refractivity contribution < 1.29 is 13.9 Å². The SMILES string of the molecule is O=COCc1ocnc1-c1ccc(Br)cc1. The molecule has 0 N–H and O–H groups in total. The number of benzene rings is 1. The van der Waals surface area contributed by atoms with Crippen LogP contribution in [0.1, 0.15) is 5.76 Å². The molecule has 0 amide bonds. The van der Waals surface area contributed by atoms with Gasteiger partial charge in [-0.1, -0.05) is 28.1 Å². The summed E-state index contributed by atoms with van der Waals surface area (Å²) in [5.74, 6) is 0.537. The van der Waals surface area contributed by atoms with Crippen molar-refractivity contribution in [2.75, 3.05) is 0 Å². The first-order valence-electron chi connectivity index (χ1n) is 4.55. The van der Waals surface area contributed by atoms with Gasteiger partial charge in [0.1, 0.15) is 5.69 Å². The zero-order valence-corrected chi connectivity index (χ0v) is 9.81. The van der Waals surface area contributed by atoms with E-state index >= 15 is 0 Å². The van der Waals surface area contributed by atoms with Crippen LogP contribution in [0.4, 0.5) is 0 Å². The highest BCUT2D eigenvalue weighted by Crippen LogP contribution is 2.24. The second kappa shape index (κ2) is 4.94. The summed E-state index contributed by atoms with van der Waals surface area (Å²) in [6.45, 7) is 0.475. The van der Waals surface area contributed by atoms with E-state index in [0.717, 1.165) is 10.0 Å². The minimum atomic E-state index is 0.0922. The minimum Gasteiger partial charge on any atom is -0.460 e. The number of rotatable bonds is 4. The molecule has 0 aliphatic carbocycles. The molecule has 2 rings (SSSR count). The molecule has 0 bridgehead atoms. The van der Waals surface area contributed by atoms with Crippen molar-refractivity contribution in [2.24, 2.45) is 0 Å². The summed E-state index contributed by atoms with van der Waals surface area (Å²) in [4.78, 5) is 14.2. The molecule has 0 saturated carbocycles. The Bertz CT molecular complexity index is 478. The lowest BCUT2D eigenvalue weighted by molar-refractivity contribution is -0.130. The quantitative estimate of drug-likeness (QED) is 0.809. The Morgan fingerprint density at radius 1 is 1.38 bits per heavy atom. The highest BCUT2D eigenvalue weighted by Gasteiger charge is 2.10. The molecule has 5 heteroatoms. The summed E-state index contributed by atoms with van der Waals surface area (Å²) in [7, 11) is 0. The van der Waals surface area contributed by atoms with Crippen LogP contribution in [0.25, 0.3) is 11.3 Å². The smallest absolute Gasteiger partial charge is 0.293 e. The Labute approximate surface area is 100 Å². The number of oxazole rings is 1. The summed E-state index contributed by atoms with van der Waals surface area (Å²) in [6.07, 6.45) is 1.33. The van der Waals surface area contributed by atoms with E-state index in [4.69, 9.17) is 4.42 Å². The van der Waals surface area contributed by atoms with Crippen LogP contribution in [-0.2, 0) is 16.1 Å². The Kier molecular flexibility index (Phi) is 3.36. The van der Waals surface area contributed by atoms with Crippen LogP contribution < -0.4 is 0 Å². The molecule has 0 spiro atoms. The fraction of sp³-hybridized carbons (Fsp3) is 0.0909. The predicted molar refractivity (Wildman–Crippen MR) is 60.5 cm³/mol. The van der Waals surface area contributed by atoms with Gasteiger partial charge >= 0.3 is 0 Å². The molecule has 1 aromatic carbocycles. The summed E-state index contributed by atoms with van der Waals surface area (Å²) in [5.41, 5.74) is 1.61. The van der Waals surface area contributed by atoms with E-state index in [1.165, 1.54) is 6.39 Å². The fourth-order valence-corrected chi connectivity index (χ4v) is 1.59. The zero-order valence-electron chi connectivity index (χ0n) is 8.22. The van der Waals surface area contributed by atoms with E-state index in [9.17, 15) is 4.79 Å². The molecule has 0 unspecified atom stereocenters.